The number of esters is 1. The van der Waals surface area contributed by atoms with Gasteiger partial charge in [-0.2, -0.15) is 0 Å². The van der Waals surface area contributed by atoms with Crippen molar-refractivity contribution >= 4 is 30.5 Å². The highest BCUT2D eigenvalue weighted by Gasteiger charge is 2.27. The van der Waals surface area contributed by atoms with E-state index in [1.54, 1.807) is 28.1 Å². The lowest BCUT2D eigenvalue weighted by molar-refractivity contribution is -0.145. The number of hydrogen-bond donors (Lipinski definition) is 0. The first kappa shape index (κ1) is 19.1. The molecule has 0 aromatic heterocycles. The molecule has 0 aliphatic carbocycles. The molecule has 19 heavy (non-hydrogen) atoms. The summed E-state index contributed by atoms with van der Waals surface area (Å²) in [7, 11) is 1.54. The average molecular weight is 355 g/mol. The van der Waals surface area contributed by atoms with Gasteiger partial charge in [0.25, 0.3) is 0 Å². The molecule has 0 spiro atoms. The van der Waals surface area contributed by atoms with Gasteiger partial charge < -0.3 is 13.6 Å². The SMILES string of the molecule is CO[Si](C)(CCCCCCOC(=O)C(C)(C)Br)OC. The van der Waals surface area contributed by atoms with Crippen molar-refractivity contribution in [2.45, 2.75) is 56.4 Å². The Labute approximate surface area is 126 Å². The van der Waals surface area contributed by atoms with E-state index < -0.39 is 12.9 Å². The summed E-state index contributed by atoms with van der Waals surface area (Å²) in [6, 6.07) is 1.01. The van der Waals surface area contributed by atoms with Crippen LogP contribution in [0.2, 0.25) is 12.6 Å². The van der Waals surface area contributed by atoms with Crippen LogP contribution in [0.15, 0.2) is 0 Å². The van der Waals surface area contributed by atoms with E-state index in [1.165, 1.54) is 0 Å². The molecule has 114 valence electrons. The van der Waals surface area contributed by atoms with E-state index in [-0.39, 0.29) is 5.97 Å². The third kappa shape index (κ3) is 8.78. The first-order chi connectivity index (χ1) is 8.75. The van der Waals surface area contributed by atoms with Crippen molar-refractivity contribution < 1.29 is 18.4 Å². The Kier molecular flexibility index (Phi) is 9.14. The molecule has 0 atom stereocenters. The summed E-state index contributed by atoms with van der Waals surface area (Å²) < 4.78 is 15.4. The van der Waals surface area contributed by atoms with Crippen molar-refractivity contribution in [1.29, 1.82) is 0 Å². The minimum atomic E-state index is -1.90. The second kappa shape index (κ2) is 9.10. The number of alkyl halides is 1. The van der Waals surface area contributed by atoms with Crippen LogP contribution in [0.5, 0.6) is 0 Å². The van der Waals surface area contributed by atoms with Gasteiger partial charge in [0.1, 0.15) is 4.32 Å². The summed E-state index contributed by atoms with van der Waals surface area (Å²) in [5.74, 6) is -0.203. The highest BCUT2D eigenvalue weighted by atomic mass is 79.9. The van der Waals surface area contributed by atoms with Crippen LogP contribution >= 0.6 is 15.9 Å². The Balaban J connectivity index is 3.54. The summed E-state index contributed by atoms with van der Waals surface area (Å²) in [6.07, 6.45) is 4.19. The Bertz CT molecular complexity index is 262. The molecule has 0 aromatic carbocycles. The molecule has 4 nitrogen and oxygen atoms in total. The molecule has 0 aliphatic rings. The Hall–Kier alpha value is 0.0869. The van der Waals surface area contributed by atoms with Crippen LogP contribution in [0.3, 0.4) is 0 Å². The van der Waals surface area contributed by atoms with E-state index >= 15 is 0 Å². The third-order valence-corrected chi connectivity index (χ3v) is 6.42. The number of ether oxygens (including phenoxy) is 1. The molecule has 0 saturated heterocycles. The fourth-order valence-electron chi connectivity index (χ4n) is 1.53. The van der Waals surface area contributed by atoms with Crippen LogP contribution < -0.4 is 0 Å². The smallest absolute Gasteiger partial charge is 0.334 e. The van der Waals surface area contributed by atoms with Gasteiger partial charge in [-0.25, -0.2) is 0 Å². The molecule has 0 unspecified atom stereocenters. The quantitative estimate of drug-likeness (QED) is 0.260. The van der Waals surface area contributed by atoms with Crippen molar-refractivity contribution in [2.75, 3.05) is 20.8 Å². The van der Waals surface area contributed by atoms with Crippen LogP contribution in [-0.2, 0) is 18.4 Å². The Morgan fingerprint density at radius 2 is 1.63 bits per heavy atom. The maximum absolute atomic E-state index is 11.5. The minimum Gasteiger partial charge on any atom is -0.465 e. The molecule has 0 aromatic rings. The summed E-state index contributed by atoms with van der Waals surface area (Å²) in [5, 5.41) is 0. The van der Waals surface area contributed by atoms with E-state index in [4.69, 9.17) is 13.6 Å². The van der Waals surface area contributed by atoms with Gasteiger partial charge >= 0.3 is 14.5 Å². The van der Waals surface area contributed by atoms with E-state index in [2.05, 4.69) is 22.5 Å². The number of carbonyl (C=O) groups is 1. The normalized spacial score (nSPS) is 12.5. The molecule has 0 amide bonds. The van der Waals surface area contributed by atoms with Gasteiger partial charge in [-0.3, -0.25) is 4.79 Å². The summed E-state index contributed by atoms with van der Waals surface area (Å²) >= 11 is 3.28. The zero-order valence-corrected chi connectivity index (χ0v) is 15.3. The summed E-state index contributed by atoms with van der Waals surface area (Å²) in [4.78, 5) is 11.5. The highest BCUT2D eigenvalue weighted by molar-refractivity contribution is 9.10. The molecule has 6 heteroatoms. The third-order valence-electron chi connectivity index (χ3n) is 3.11. The molecule has 0 bridgehead atoms. The van der Waals surface area contributed by atoms with Gasteiger partial charge in [0.2, 0.25) is 0 Å². The average Bonchev–Trinajstić information content (AvgIpc) is 2.35. The van der Waals surface area contributed by atoms with Crippen LogP contribution in [-0.4, -0.2) is 39.7 Å². The molecule has 0 saturated carbocycles. The number of halogens is 1. The first-order valence-electron chi connectivity index (χ1n) is 6.71. The number of carbonyl (C=O) groups excluding carboxylic acids is 1. The molecule has 0 heterocycles. The van der Waals surface area contributed by atoms with Crippen LogP contribution in [0.1, 0.15) is 39.5 Å². The summed E-state index contributed by atoms with van der Waals surface area (Å²) in [5.41, 5.74) is 0. The second-order valence-corrected chi connectivity index (χ2v) is 10.9. The fraction of sp³-hybridized carbons (Fsp3) is 0.923. The topological polar surface area (TPSA) is 44.8 Å². The molecule has 0 N–H and O–H groups in total. The monoisotopic (exact) mass is 354 g/mol. The fourth-order valence-corrected chi connectivity index (χ4v) is 3.11. The number of unbranched alkanes of at least 4 members (excludes halogenated alkanes) is 3. The van der Waals surface area contributed by atoms with Crippen LogP contribution in [0.25, 0.3) is 0 Å². The van der Waals surface area contributed by atoms with Gasteiger partial charge in [-0.1, -0.05) is 35.2 Å². The molecule has 0 rings (SSSR count). The van der Waals surface area contributed by atoms with Crippen molar-refractivity contribution in [3.8, 4) is 0 Å². The molecule has 0 fully saturated rings. The predicted molar refractivity (Wildman–Crippen MR) is 82.9 cm³/mol. The lowest BCUT2D eigenvalue weighted by Crippen LogP contribution is -2.35. The number of rotatable bonds is 10. The lowest BCUT2D eigenvalue weighted by Gasteiger charge is -2.22. The first-order valence-corrected chi connectivity index (χ1v) is 10.0. The van der Waals surface area contributed by atoms with Crippen molar-refractivity contribution in [3.63, 3.8) is 0 Å². The van der Waals surface area contributed by atoms with Gasteiger partial charge in [0, 0.05) is 14.2 Å². The van der Waals surface area contributed by atoms with Gasteiger partial charge in [-0.15, -0.1) is 0 Å². The van der Waals surface area contributed by atoms with E-state index in [1.807, 2.05) is 0 Å². The van der Waals surface area contributed by atoms with Crippen LogP contribution in [0.4, 0.5) is 0 Å². The van der Waals surface area contributed by atoms with Crippen LogP contribution in [0, 0.1) is 0 Å². The van der Waals surface area contributed by atoms with Gasteiger partial charge in [0.15, 0.2) is 0 Å². The van der Waals surface area contributed by atoms with Gasteiger partial charge in [0.05, 0.1) is 6.61 Å². The lowest BCUT2D eigenvalue weighted by atomic mass is 10.2. The highest BCUT2D eigenvalue weighted by Crippen LogP contribution is 2.18. The zero-order valence-electron chi connectivity index (χ0n) is 12.8. The summed E-state index contributed by atoms with van der Waals surface area (Å²) in [6.45, 7) is 6.15. The zero-order chi connectivity index (χ0) is 14.9. The molecule has 0 radical (unpaired) electrons. The number of hydrogen-bond acceptors (Lipinski definition) is 4. The van der Waals surface area contributed by atoms with E-state index in [9.17, 15) is 4.79 Å². The maximum atomic E-state index is 11.5. The standard InChI is InChI=1S/C13H27BrO4Si/c1-13(2,14)12(15)18-10-8-6-7-9-11-19(5,16-3)17-4/h6-11H2,1-5H3. The van der Waals surface area contributed by atoms with Crippen molar-refractivity contribution in [2.24, 2.45) is 0 Å². The van der Waals surface area contributed by atoms with E-state index in [0.717, 1.165) is 31.7 Å². The Morgan fingerprint density at radius 1 is 1.11 bits per heavy atom. The van der Waals surface area contributed by atoms with E-state index in [0.29, 0.717) is 6.61 Å². The molecule has 0 aliphatic heterocycles. The molecular weight excluding hydrogens is 328 g/mol. The van der Waals surface area contributed by atoms with Crippen molar-refractivity contribution in [1.82, 2.24) is 0 Å². The Morgan fingerprint density at radius 3 is 2.11 bits per heavy atom. The second-order valence-electron chi connectivity index (χ2n) is 5.31. The maximum Gasteiger partial charge on any atom is 0.334 e. The minimum absolute atomic E-state index is 0.203. The van der Waals surface area contributed by atoms with Crippen molar-refractivity contribution in [3.05, 3.63) is 0 Å². The predicted octanol–water partition coefficient (Wildman–Crippen LogP) is 3.63. The molecular formula is C13H27BrO4Si. The van der Waals surface area contributed by atoms with Gasteiger partial charge in [-0.05, 0) is 32.9 Å². The largest absolute Gasteiger partial charge is 0.465 e.